The Balaban J connectivity index is 1.82. The van der Waals surface area contributed by atoms with Crippen molar-refractivity contribution in [2.24, 2.45) is 0 Å². The molecule has 0 amide bonds. The summed E-state index contributed by atoms with van der Waals surface area (Å²) in [6, 6.07) is 20.6. The number of para-hydroxylation sites is 3. The Morgan fingerprint density at radius 2 is 1.48 bits per heavy atom. The predicted molar refractivity (Wildman–Crippen MR) is 125 cm³/mol. The molecule has 0 fully saturated rings. The van der Waals surface area contributed by atoms with Crippen LogP contribution in [0.3, 0.4) is 0 Å². The van der Waals surface area contributed by atoms with Crippen LogP contribution in [0.2, 0.25) is 0 Å². The van der Waals surface area contributed by atoms with Crippen LogP contribution < -0.4 is 10.0 Å². The number of aryl methyl sites for hydroxylation is 3. The summed E-state index contributed by atoms with van der Waals surface area (Å²) in [5, 5.41) is 3.28. The molecule has 0 atom stereocenters. The Hall–Kier alpha value is -3.45. The zero-order chi connectivity index (χ0) is 22.0. The van der Waals surface area contributed by atoms with Gasteiger partial charge in [-0.3, -0.25) is 4.72 Å². The molecule has 4 aromatic rings. The minimum atomic E-state index is -3.86. The smallest absolute Gasteiger partial charge is 0.263 e. The van der Waals surface area contributed by atoms with Crippen LogP contribution in [-0.4, -0.2) is 18.4 Å². The van der Waals surface area contributed by atoms with E-state index in [1.54, 1.807) is 19.1 Å². The van der Waals surface area contributed by atoms with Crippen molar-refractivity contribution in [3.05, 3.63) is 83.4 Å². The fourth-order valence-electron chi connectivity index (χ4n) is 3.42. The van der Waals surface area contributed by atoms with Gasteiger partial charge in [0.1, 0.15) is 0 Å². The number of nitrogens with zero attached hydrogens (tertiary/aromatic N) is 2. The highest BCUT2D eigenvalue weighted by Gasteiger charge is 2.21. The van der Waals surface area contributed by atoms with Crippen LogP contribution in [0.1, 0.15) is 23.6 Å². The lowest BCUT2D eigenvalue weighted by molar-refractivity contribution is 0.600. The molecule has 4 rings (SSSR count). The molecule has 1 aromatic heterocycles. The van der Waals surface area contributed by atoms with Crippen LogP contribution in [0.5, 0.6) is 0 Å². The first-order valence-corrected chi connectivity index (χ1v) is 11.6. The van der Waals surface area contributed by atoms with E-state index in [1.165, 1.54) is 0 Å². The van der Waals surface area contributed by atoms with Crippen molar-refractivity contribution in [1.29, 1.82) is 0 Å². The number of anilines is 3. The molecule has 0 saturated heterocycles. The van der Waals surface area contributed by atoms with E-state index in [1.807, 2.05) is 61.5 Å². The summed E-state index contributed by atoms with van der Waals surface area (Å²) in [7, 11) is -3.86. The summed E-state index contributed by atoms with van der Waals surface area (Å²) in [4.78, 5) is 9.46. The lowest BCUT2D eigenvalue weighted by Crippen LogP contribution is -2.17. The number of sulfonamides is 1. The monoisotopic (exact) mass is 432 g/mol. The number of benzene rings is 3. The molecular weight excluding hydrogens is 408 g/mol. The van der Waals surface area contributed by atoms with Gasteiger partial charge < -0.3 is 5.32 Å². The van der Waals surface area contributed by atoms with Crippen molar-refractivity contribution in [2.75, 3.05) is 10.0 Å². The second-order valence-electron chi connectivity index (χ2n) is 7.42. The van der Waals surface area contributed by atoms with E-state index in [4.69, 9.17) is 0 Å². The molecule has 0 aliphatic rings. The second-order valence-corrected chi connectivity index (χ2v) is 9.07. The molecule has 0 unspecified atom stereocenters. The molecule has 1 heterocycles. The molecule has 0 bridgehead atoms. The molecule has 7 heteroatoms. The SMILES string of the molecule is CCc1ccccc1Nc1nc2ccccc2nc1NS(=O)(=O)c1cc(C)ccc1C. The van der Waals surface area contributed by atoms with Gasteiger partial charge in [-0.1, -0.05) is 49.4 Å². The van der Waals surface area contributed by atoms with Gasteiger partial charge in [0.15, 0.2) is 11.6 Å². The third-order valence-electron chi connectivity index (χ3n) is 5.09. The number of fused-ring (bicyclic) bond motifs is 1. The summed E-state index contributed by atoms with van der Waals surface area (Å²) < 4.78 is 29.1. The summed E-state index contributed by atoms with van der Waals surface area (Å²) in [5.41, 5.74) is 4.77. The van der Waals surface area contributed by atoms with Crippen LogP contribution in [0, 0.1) is 13.8 Å². The predicted octanol–water partition coefficient (Wildman–Crippen LogP) is 5.35. The number of hydrogen-bond acceptors (Lipinski definition) is 5. The number of rotatable bonds is 6. The van der Waals surface area contributed by atoms with Gasteiger partial charge in [0.05, 0.1) is 15.9 Å². The zero-order valence-electron chi connectivity index (χ0n) is 17.7. The Kier molecular flexibility index (Phi) is 5.61. The maximum absolute atomic E-state index is 13.2. The molecule has 0 radical (unpaired) electrons. The topological polar surface area (TPSA) is 84.0 Å². The number of nitrogens with one attached hydrogen (secondary N) is 2. The van der Waals surface area contributed by atoms with Gasteiger partial charge in [0, 0.05) is 5.69 Å². The molecular formula is C24H24N4O2S. The standard InChI is InChI=1S/C24H24N4O2S/c1-4-18-9-5-6-10-19(18)25-23-24(27-21-12-8-7-11-20(21)26-23)28-31(29,30)22-15-16(2)13-14-17(22)3/h5-15H,4H2,1-3H3,(H,25,26)(H,27,28). The van der Waals surface area contributed by atoms with Gasteiger partial charge in [-0.25, -0.2) is 18.4 Å². The van der Waals surface area contributed by atoms with Gasteiger partial charge in [-0.2, -0.15) is 0 Å². The Labute approximate surface area is 182 Å². The second kappa shape index (κ2) is 8.35. The highest BCUT2D eigenvalue weighted by atomic mass is 32.2. The molecule has 0 aliphatic heterocycles. The molecule has 3 aromatic carbocycles. The molecule has 0 aliphatic carbocycles. The molecule has 6 nitrogen and oxygen atoms in total. The maximum Gasteiger partial charge on any atom is 0.263 e. The van der Waals surface area contributed by atoms with E-state index in [2.05, 4.69) is 26.9 Å². The highest BCUT2D eigenvalue weighted by molar-refractivity contribution is 7.92. The Morgan fingerprint density at radius 1 is 0.839 bits per heavy atom. The first kappa shape index (κ1) is 20.8. The average Bonchev–Trinajstić information content (AvgIpc) is 2.76. The third-order valence-corrected chi connectivity index (χ3v) is 6.57. The Morgan fingerprint density at radius 3 is 2.19 bits per heavy atom. The van der Waals surface area contributed by atoms with Gasteiger partial charge in [0.25, 0.3) is 10.0 Å². The van der Waals surface area contributed by atoms with Gasteiger partial charge >= 0.3 is 0 Å². The molecule has 31 heavy (non-hydrogen) atoms. The van der Waals surface area contributed by atoms with Crippen molar-refractivity contribution < 1.29 is 8.42 Å². The van der Waals surface area contributed by atoms with E-state index >= 15 is 0 Å². The van der Waals surface area contributed by atoms with E-state index in [9.17, 15) is 8.42 Å². The molecule has 2 N–H and O–H groups in total. The summed E-state index contributed by atoms with van der Waals surface area (Å²) in [6.07, 6.45) is 0.827. The Bertz CT molecular complexity index is 1370. The maximum atomic E-state index is 13.2. The van der Waals surface area contributed by atoms with Crippen LogP contribution in [0.25, 0.3) is 11.0 Å². The zero-order valence-corrected chi connectivity index (χ0v) is 18.5. The van der Waals surface area contributed by atoms with Gasteiger partial charge in [-0.15, -0.1) is 0 Å². The van der Waals surface area contributed by atoms with Gasteiger partial charge in [-0.05, 0) is 61.2 Å². The van der Waals surface area contributed by atoms with Crippen LogP contribution in [-0.2, 0) is 16.4 Å². The molecule has 158 valence electrons. The largest absolute Gasteiger partial charge is 0.337 e. The highest BCUT2D eigenvalue weighted by Crippen LogP contribution is 2.29. The normalized spacial score (nSPS) is 11.5. The average molecular weight is 433 g/mol. The minimum absolute atomic E-state index is 0.158. The quantitative estimate of drug-likeness (QED) is 0.429. The van der Waals surface area contributed by atoms with Crippen molar-refractivity contribution in [2.45, 2.75) is 32.1 Å². The van der Waals surface area contributed by atoms with Crippen LogP contribution in [0.4, 0.5) is 17.3 Å². The lowest BCUT2D eigenvalue weighted by Gasteiger charge is -2.16. The summed E-state index contributed by atoms with van der Waals surface area (Å²) >= 11 is 0. The van der Waals surface area contributed by atoms with E-state index in [0.29, 0.717) is 22.4 Å². The van der Waals surface area contributed by atoms with E-state index < -0.39 is 10.0 Å². The fourth-order valence-corrected chi connectivity index (χ4v) is 4.76. The van der Waals surface area contributed by atoms with Crippen molar-refractivity contribution >= 4 is 38.4 Å². The lowest BCUT2D eigenvalue weighted by atomic mass is 10.1. The first-order chi connectivity index (χ1) is 14.9. The van der Waals surface area contributed by atoms with Crippen LogP contribution >= 0.6 is 0 Å². The number of hydrogen-bond donors (Lipinski definition) is 2. The van der Waals surface area contributed by atoms with Crippen molar-refractivity contribution in [3.63, 3.8) is 0 Å². The van der Waals surface area contributed by atoms with Crippen LogP contribution in [0.15, 0.2) is 71.6 Å². The number of aromatic nitrogens is 2. The molecule has 0 spiro atoms. The third kappa shape index (κ3) is 4.36. The van der Waals surface area contributed by atoms with Crippen molar-refractivity contribution in [1.82, 2.24) is 9.97 Å². The van der Waals surface area contributed by atoms with Crippen molar-refractivity contribution in [3.8, 4) is 0 Å². The molecule has 0 saturated carbocycles. The minimum Gasteiger partial charge on any atom is -0.337 e. The van der Waals surface area contributed by atoms with Gasteiger partial charge in [0.2, 0.25) is 0 Å². The summed E-state index contributed by atoms with van der Waals surface area (Å²) in [6.45, 7) is 5.70. The first-order valence-electron chi connectivity index (χ1n) is 10.1. The van der Waals surface area contributed by atoms with E-state index in [-0.39, 0.29) is 10.7 Å². The van der Waals surface area contributed by atoms with E-state index in [0.717, 1.165) is 23.2 Å². The summed E-state index contributed by atoms with van der Waals surface area (Å²) in [5.74, 6) is 0.513. The fraction of sp³-hybridized carbons (Fsp3) is 0.167.